The van der Waals surface area contributed by atoms with E-state index in [0.717, 1.165) is 45.8 Å². The van der Waals surface area contributed by atoms with E-state index in [2.05, 4.69) is 22.0 Å². The molecule has 1 saturated carbocycles. The van der Waals surface area contributed by atoms with Gasteiger partial charge in [-0.3, -0.25) is 0 Å². The minimum Gasteiger partial charge on any atom is -0.493 e. The van der Waals surface area contributed by atoms with Gasteiger partial charge in [-0.05, 0) is 37.3 Å². The first-order chi connectivity index (χ1) is 11.8. The first-order valence-corrected chi connectivity index (χ1v) is 8.99. The van der Waals surface area contributed by atoms with E-state index in [0.29, 0.717) is 11.6 Å². The third-order valence-electron chi connectivity index (χ3n) is 4.15. The molecule has 0 N–H and O–H groups in total. The molecule has 1 fully saturated rings. The Morgan fingerprint density at radius 2 is 2.25 bits per heavy atom. The number of nitrogens with zero attached hydrogens (tertiary/aromatic N) is 4. The lowest BCUT2D eigenvalue weighted by atomic mass is 10.3. The number of oxazole rings is 1. The second-order valence-corrected chi connectivity index (χ2v) is 7.15. The SMILES string of the molecule is CCc1nn2cc(-c3nc4ccc(OCC5CC5)cc4o3)nc2s1. The van der Waals surface area contributed by atoms with Crippen LogP contribution in [-0.2, 0) is 6.42 Å². The summed E-state index contributed by atoms with van der Waals surface area (Å²) in [5, 5.41) is 5.54. The van der Waals surface area contributed by atoms with Crippen molar-refractivity contribution in [3.05, 3.63) is 29.4 Å². The molecule has 1 aliphatic rings. The number of imidazole rings is 1. The van der Waals surface area contributed by atoms with Crippen LogP contribution in [0.3, 0.4) is 0 Å². The maximum Gasteiger partial charge on any atom is 0.247 e. The van der Waals surface area contributed by atoms with E-state index in [-0.39, 0.29) is 0 Å². The van der Waals surface area contributed by atoms with E-state index in [4.69, 9.17) is 9.15 Å². The predicted octanol–water partition coefficient (Wildman–Crippen LogP) is 3.95. The van der Waals surface area contributed by atoms with E-state index < -0.39 is 0 Å². The van der Waals surface area contributed by atoms with E-state index in [1.807, 2.05) is 24.4 Å². The van der Waals surface area contributed by atoms with Gasteiger partial charge in [0.25, 0.3) is 0 Å². The van der Waals surface area contributed by atoms with Crippen LogP contribution in [0.4, 0.5) is 0 Å². The number of aromatic nitrogens is 4. The van der Waals surface area contributed by atoms with Gasteiger partial charge in [-0.25, -0.2) is 14.5 Å². The first kappa shape index (κ1) is 14.0. The van der Waals surface area contributed by atoms with Crippen molar-refractivity contribution in [2.24, 2.45) is 5.92 Å². The molecule has 0 bridgehead atoms. The lowest BCUT2D eigenvalue weighted by molar-refractivity contribution is 0.300. The molecule has 122 valence electrons. The van der Waals surface area contributed by atoms with E-state index >= 15 is 0 Å². The Morgan fingerprint density at radius 3 is 3.04 bits per heavy atom. The Labute approximate surface area is 142 Å². The summed E-state index contributed by atoms with van der Waals surface area (Å²) in [4.78, 5) is 9.96. The number of aryl methyl sites for hydroxylation is 1. The highest BCUT2D eigenvalue weighted by Crippen LogP contribution is 2.31. The summed E-state index contributed by atoms with van der Waals surface area (Å²) in [6.07, 6.45) is 5.33. The van der Waals surface area contributed by atoms with Gasteiger partial charge in [-0.2, -0.15) is 5.10 Å². The molecule has 0 atom stereocenters. The van der Waals surface area contributed by atoms with Crippen molar-refractivity contribution in [1.29, 1.82) is 0 Å². The van der Waals surface area contributed by atoms with Crippen LogP contribution in [0.15, 0.2) is 28.8 Å². The summed E-state index contributed by atoms with van der Waals surface area (Å²) < 4.78 is 13.5. The van der Waals surface area contributed by atoms with Crippen LogP contribution in [-0.4, -0.2) is 26.2 Å². The summed E-state index contributed by atoms with van der Waals surface area (Å²) in [6, 6.07) is 5.77. The van der Waals surface area contributed by atoms with Crippen molar-refractivity contribution in [1.82, 2.24) is 19.6 Å². The zero-order valence-corrected chi connectivity index (χ0v) is 14.0. The number of hydrogen-bond acceptors (Lipinski definition) is 6. The highest BCUT2D eigenvalue weighted by Gasteiger charge is 2.22. The third kappa shape index (κ3) is 2.45. The molecule has 1 aromatic carbocycles. The van der Waals surface area contributed by atoms with Crippen molar-refractivity contribution < 1.29 is 9.15 Å². The van der Waals surface area contributed by atoms with Crippen LogP contribution in [0, 0.1) is 5.92 Å². The fourth-order valence-corrected chi connectivity index (χ4v) is 3.41. The molecule has 7 heteroatoms. The summed E-state index contributed by atoms with van der Waals surface area (Å²) in [5.74, 6) is 2.07. The Morgan fingerprint density at radius 1 is 1.33 bits per heavy atom. The van der Waals surface area contributed by atoms with Crippen molar-refractivity contribution in [2.45, 2.75) is 26.2 Å². The average molecular weight is 340 g/mol. The molecule has 0 aliphatic heterocycles. The fourth-order valence-electron chi connectivity index (χ4n) is 2.59. The fraction of sp³-hybridized carbons (Fsp3) is 0.353. The quantitative estimate of drug-likeness (QED) is 0.550. The maximum atomic E-state index is 5.88. The molecule has 0 spiro atoms. The number of hydrogen-bond donors (Lipinski definition) is 0. The van der Waals surface area contributed by atoms with Gasteiger partial charge in [0.2, 0.25) is 10.9 Å². The Balaban J connectivity index is 1.47. The Hall–Kier alpha value is -2.41. The number of rotatable bonds is 5. The van der Waals surface area contributed by atoms with Gasteiger partial charge in [0.05, 0.1) is 12.8 Å². The molecule has 4 aromatic rings. The zero-order chi connectivity index (χ0) is 16.1. The molecular weight excluding hydrogens is 324 g/mol. The summed E-state index contributed by atoms with van der Waals surface area (Å²) >= 11 is 1.59. The Kier molecular flexibility index (Phi) is 3.09. The van der Waals surface area contributed by atoms with E-state index in [9.17, 15) is 0 Å². The van der Waals surface area contributed by atoms with Crippen LogP contribution < -0.4 is 4.74 Å². The normalized spacial score (nSPS) is 14.7. The van der Waals surface area contributed by atoms with Crippen molar-refractivity contribution >= 4 is 27.4 Å². The van der Waals surface area contributed by atoms with Crippen LogP contribution >= 0.6 is 11.3 Å². The molecule has 6 nitrogen and oxygen atoms in total. The smallest absolute Gasteiger partial charge is 0.247 e. The van der Waals surface area contributed by atoms with Crippen LogP contribution in [0.25, 0.3) is 27.6 Å². The Bertz CT molecular complexity index is 996. The molecule has 24 heavy (non-hydrogen) atoms. The van der Waals surface area contributed by atoms with Crippen LogP contribution in [0.5, 0.6) is 5.75 Å². The molecule has 3 aromatic heterocycles. The topological polar surface area (TPSA) is 65.5 Å². The van der Waals surface area contributed by atoms with Gasteiger partial charge >= 0.3 is 0 Å². The number of fused-ring (bicyclic) bond motifs is 2. The summed E-state index contributed by atoms with van der Waals surface area (Å²) in [7, 11) is 0. The van der Waals surface area contributed by atoms with Gasteiger partial charge in [-0.15, -0.1) is 0 Å². The van der Waals surface area contributed by atoms with Gasteiger partial charge in [0.15, 0.2) is 5.58 Å². The molecule has 0 unspecified atom stereocenters. The monoisotopic (exact) mass is 340 g/mol. The highest BCUT2D eigenvalue weighted by molar-refractivity contribution is 7.16. The molecular formula is C17H16N4O2S. The largest absolute Gasteiger partial charge is 0.493 e. The first-order valence-electron chi connectivity index (χ1n) is 8.17. The summed E-state index contributed by atoms with van der Waals surface area (Å²) in [6.45, 7) is 2.87. The lowest BCUT2D eigenvalue weighted by Gasteiger charge is -2.03. The third-order valence-corrected chi connectivity index (χ3v) is 5.22. The summed E-state index contributed by atoms with van der Waals surface area (Å²) in [5.41, 5.74) is 2.23. The number of benzene rings is 1. The van der Waals surface area contributed by atoms with E-state index in [1.165, 1.54) is 12.8 Å². The minimum atomic E-state index is 0.514. The predicted molar refractivity (Wildman–Crippen MR) is 91.5 cm³/mol. The van der Waals surface area contributed by atoms with Gasteiger partial charge in [-0.1, -0.05) is 18.3 Å². The van der Waals surface area contributed by atoms with Crippen LogP contribution in [0.2, 0.25) is 0 Å². The highest BCUT2D eigenvalue weighted by atomic mass is 32.1. The van der Waals surface area contributed by atoms with Gasteiger partial charge in [0, 0.05) is 6.07 Å². The average Bonchev–Trinajstić information content (AvgIpc) is 3.02. The van der Waals surface area contributed by atoms with Crippen molar-refractivity contribution in [2.75, 3.05) is 6.61 Å². The van der Waals surface area contributed by atoms with Crippen molar-refractivity contribution in [3.8, 4) is 17.3 Å². The second-order valence-electron chi connectivity index (χ2n) is 6.11. The molecule has 5 rings (SSSR count). The molecule has 1 aliphatic carbocycles. The molecule has 0 radical (unpaired) electrons. The van der Waals surface area contributed by atoms with Crippen LogP contribution in [0.1, 0.15) is 24.8 Å². The van der Waals surface area contributed by atoms with Gasteiger partial charge in [0.1, 0.15) is 22.0 Å². The maximum absolute atomic E-state index is 5.88. The molecule has 0 amide bonds. The standard InChI is InChI=1S/C17H16N4O2S/c1-2-15-20-21-8-13(19-17(21)24-15)16-18-12-6-5-11(7-14(12)23-16)22-9-10-3-4-10/h5-8,10H,2-4,9H2,1H3. The second kappa shape index (κ2) is 5.31. The van der Waals surface area contributed by atoms with E-state index in [1.54, 1.807) is 15.9 Å². The zero-order valence-electron chi connectivity index (χ0n) is 13.2. The lowest BCUT2D eigenvalue weighted by Crippen LogP contribution is -1.98. The van der Waals surface area contributed by atoms with Crippen molar-refractivity contribution in [3.63, 3.8) is 0 Å². The molecule has 3 heterocycles. The number of ether oxygens (including phenoxy) is 1. The molecule has 0 saturated heterocycles. The minimum absolute atomic E-state index is 0.514. The van der Waals surface area contributed by atoms with Gasteiger partial charge < -0.3 is 9.15 Å².